The molecule has 0 aliphatic carbocycles. The van der Waals surface area contributed by atoms with Gasteiger partial charge in [0.2, 0.25) is 11.8 Å². The van der Waals surface area contributed by atoms with Crippen molar-refractivity contribution >= 4 is 11.8 Å². The lowest BCUT2D eigenvalue weighted by atomic mass is 9.89. The van der Waals surface area contributed by atoms with E-state index in [0.29, 0.717) is 13.1 Å². The van der Waals surface area contributed by atoms with Gasteiger partial charge in [-0.25, -0.2) is 0 Å². The molecule has 0 aromatic rings. The molecular weight excluding hydrogens is 206 g/mol. The van der Waals surface area contributed by atoms with Crippen LogP contribution in [0.3, 0.4) is 0 Å². The maximum atomic E-state index is 11.4. The molecule has 1 fully saturated rings. The van der Waals surface area contributed by atoms with Crippen molar-refractivity contribution in [3.63, 3.8) is 0 Å². The van der Waals surface area contributed by atoms with Crippen LogP contribution in [-0.2, 0) is 9.59 Å². The minimum atomic E-state index is -0.230. The zero-order chi connectivity index (χ0) is 12.3. The van der Waals surface area contributed by atoms with Gasteiger partial charge >= 0.3 is 0 Å². The lowest BCUT2D eigenvalue weighted by Crippen LogP contribution is -2.57. The van der Waals surface area contributed by atoms with Crippen LogP contribution in [0.25, 0.3) is 0 Å². The van der Waals surface area contributed by atoms with Crippen molar-refractivity contribution in [2.24, 2.45) is 11.1 Å². The second-order valence-corrected chi connectivity index (χ2v) is 5.18. The summed E-state index contributed by atoms with van der Waals surface area (Å²) < 4.78 is 0. The highest BCUT2D eigenvalue weighted by Gasteiger charge is 2.30. The average molecular weight is 227 g/mol. The van der Waals surface area contributed by atoms with E-state index in [9.17, 15) is 9.59 Å². The number of carbonyl (C=O) groups is 2. The summed E-state index contributed by atoms with van der Waals surface area (Å²) in [5.41, 5.74) is 5.70. The fourth-order valence-electron chi connectivity index (χ4n) is 1.59. The average Bonchev–Trinajstić information content (AvgIpc) is 2.21. The summed E-state index contributed by atoms with van der Waals surface area (Å²) in [7, 11) is 0. The molecular formula is C11H21N3O2. The maximum absolute atomic E-state index is 11.4. The molecule has 1 aliphatic heterocycles. The predicted molar refractivity (Wildman–Crippen MR) is 61.6 cm³/mol. The van der Waals surface area contributed by atoms with E-state index in [1.165, 1.54) is 0 Å². The third-order valence-electron chi connectivity index (χ3n) is 3.16. The third kappa shape index (κ3) is 3.28. The van der Waals surface area contributed by atoms with Crippen molar-refractivity contribution in [3.05, 3.63) is 0 Å². The van der Waals surface area contributed by atoms with E-state index in [4.69, 9.17) is 5.73 Å². The Morgan fingerprint density at radius 2 is 2.12 bits per heavy atom. The van der Waals surface area contributed by atoms with Gasteiger partial charge in [-0.2, -0.15) is 0 Å². The lowest BCUT2D eigenvalue weighted by Gasteiger charge is -2.34. The molecule has 0 radical (unpaired) electrons. The standard InChI is InChI=1S/C11H21N3O2/c1-8-10(16)13-9(15)6-14(8)5-4-11(2,3)7-12/h8H,4-7,12H2,1-3H3,(H,13,15,16). The Morgan fingerprint density at radius 3 is 2.69 bits per heavy atom. The molecule has 1 atom stereocenters. The largest absolute Gasteiger partial charge is 0.330 e. The van der Waals surface area contributed by atoms with Gasteiger partial charge in [0.05, 0.1) is 12.6 Å². The first-order chi connectivity index (χ1) is 7.35. The molecule has 1 rings (SSSR count). The van der Waals surface area contributed by atoms with E-state index in [0.717, 1.165) is 13.0 Å². The number of carbonyl (C=O) groups excluding carboxylic acids is 2. The fourth-order valence-corrected chi connectivity index (χ4v) is 1.59. The summed E-state index contributed by atoms with van der Waals surface area (Å²) in [6, 6.07) is -0.230. The summed E-state index contributed by atoms with van der Waals surface area (Å²) >= 11 is 0. The molecule has 0 aromatic heterocycles. The van der Waals surface area contributed by atoms with Crippen molar-refractivity contribution in [2.45, 2.75) is 33.2 Å². The Morgan fingerprint density at radius 1 is 1.50 bits per heavy atom. The summed E-state index contributed by atoms with van der Waals surface area (Å²) in [6.07, 6.45) is 0.883. The Labute approximate surface area is 96.4 Å². The smallest absolute Gasteiger partial charge is 0.243 e. The number of nitrogens with two attached hydrogens (primary N) is 1. The Balaban J connectivity index is 2.53. The van der Waals surface area contributed by atoms with E-state index < -0.39 is 0 Å². The van der Waals surface area contributed by atoms with Gasteiger partial charge in [0.15, 0.2) is 0 Å². The Kier molecular flexibility index (Phi) is 4.04. The van der Waals surface area contributed by atoms with Crippen LogP contribution in [0, 0.1) is 5.41 Å². The van der Waals surface area contributed by atoms with Gasteiger partial charge in [0.1, 0.15) is 0 Å². The highest BCUT2D eigenvalue weighted by molar-refractivity contribution is 6.00. The number of rotatable bonds is 4. The second kappa shape index (κ2) is 4.93. The van der Waals surface area contributed by atoms with E-state index in [1.807, 2.05) is 11.8 Å². The molecule has 2 amide bonds. The predicted octanol–water partition coefficient (Wildman–Crippen LogP) is -0.292. The van der Waals surface area contributed by atoms with Gasteiger partial charge in [0.25, 0.3) is 0 Å². The SMILES string of the molecule is CC1C(=O)NC(=O)CN1CCC(C)(C)CN. The van der Waals surface area contributed by atoms with Crippen LogP contribution in [0.5, 0.6) is 0 Å². The third-order valence-corrected chi connectivity index (χ3v) is 3.16. The Hall–Kier alpha value is -0.940. The van der Waals surface area contributed by atoms with Crippen LogP contribution < -0.4 is 11.1 Å². The zero-order valence-electron chi connectivity index (χ0n) is 10.2. The summed E-state index contributed by atoms with van der Waals surface area (Å²) in [5, 5.41) is 2.33. The molecule has 1 saturated heterocycles. The van der Waals surface area contributed by atoms with Crippen LogP contribution in [0.1, 0.15) is 27.2 Å². The van der Waals surface area contributed by atoms with Crippen LogP contribution in [0.4, 0.5) is 0 Å². The van der Waals surface area contributed by atoms with Gasteiger partial charge in [0, 0.05) is 6.54 Å². The lowest BCUT2D eigenvalue weighted by molar-refractivity contribution is -0.139. The van der Waals surface area contributed by atoms with Crippen LogP contribution >= 0.6 is 0 Å². The van der Waals surface area contributed by atoms with Gasteiger partial charge in [-0.3, -0.25) is 19.8 Å². The number of piperazine rings is 1. The van der Waals surface area contributed by atoms with Crippen LogP contribution in [0.2, 0.25) is 0 Å². The zero-order valence-corrected chi connectivity index (χ0v) is 10.2. The summed E-state index contributed by atoms with van der Waals surface area (Å²) in [5.74, 6) is -0.421. The van der Waals surface area contributed by atoms with Gasteiger partial charge in [-0.1, -0.05) is 13.8 Å². The topological polar surface area (TPSA) is 75.4 Å². The van der Waals surface area contributed by atoms with E-state index in [1.54, 1.807) is 0 Å². The van der Waals surface area contributed by atoms with Gasteiger partial charge in [-0.05, 0) is 25.3 Å². The summed E-state index contributed by atoms with van der Waals surface area (Å²) in [4.78, 5) is 24.5. The van der Waals surface area contributed by atoms with Crippen molar-refractivity contribution < 1.29 is 9.59 Å². The van der Waals surface area contributed by atoms with Crippen LogP contribution in [-0.4, -0.2) is 42.4 Å². The number of nitrogens with one attached hydrogen (secondary N) is 1. The number of amides is 2. The molecule has 1 unspecified atom stereocenters. The van der Waals surface area contributed by atoms with E-state index in [-0.39, 0.29) is 23.3 Å². The first-order valence-corrected chi connectivity index (χ1v) is 5.63. The van der Waals surface area contributed by atoms with Crippen LogP contribution in [0.15, 0.2) is 0 Å². The minimum Gasteiger partial charge on any atom is -0.330 e. The quantitative estimate of drug-likeness (QED) is 0.647. The molecule has 5 heteroatoms. The van der Waals surface area contributed by atoms with Gasteiger partial charge in [-0.15, -0.1) is 0 Å². The first kappa shape index (κ1) is 13.1. The van der Waals surface area contributed by atoms with E-state index in [2.05, 4.69) is 19.2 Å². The van der Waals surface area contributed by atoms with Crippen molar-refractivity contribution in [2.75, 3.05) is 19.6 Å². The number of hydrogen-bond acceptors (Lipinski definition) is 4. The Bertz CT molecular complexity index is 289. The van der Waals surface area contributed by atoms with Gasteiger partial charge < -0.3 is 5.73 Å². The molecule has 0 aromatic carbocycles. The molecule has 1 heterocycles. The van der Waals surface area contributed by atoms with E-state index >= 15 is 0 Å². The van der Waals surface area contributed by atoms with Crippen molar-refractivity contribution in [1.82, 2.24) is 10.2 Å². The normalized spacial score (nSPS) is 23.4. The van der Waals surface area contributed by atoms with Crippen molar-refractivity contribution in [3.8, 4) is 0 Å². The highest BCUT2D eigenvalue weighted by atomic mass is 16.2. The molecule has 1 aliphatic rings. The van der Waals surface area contributed by atoms with Crippen molar-refractivity contribution in [1.29, 1.82) is 0 Å². The molecule has 0 spiro atoms. The monoisotopic (exact) mass is 227 g/mol. The summed E-state index contributed by atoms with van der Waals surface area (Å²) in [6.45, 7) is 7.62. The number of nitrogens with zero attached hydrogens (tertiary/aromatic N) is 1. The molecule has 92 valence electrons. The molecule has 5 nitrogen and oxygen atoms in total. The molecule has 0 bridgehead atoms. The molecule has 0 saturated carbocycles. The molecule has 3 N–H and O–H groups in total. The maximum Gasteiger partial charge on any atom is 0.243 e. The first-order valence-electron chi connectivity index (χ1n) is 5.63. The highest BCUT2D eigenvalue weighted by Crippen LogP contribution is 2.19. The number of hydrogen-bond donors (Lipinski definition) is 2. The molecule has 16 heavy (non-hydrogen) atoms. The minimum absolute atomic E-state index is 0.0523. The fraction of sp³-hybridized carbons (Fsp3) is 0.818. The number of imide groups is 1. The second-order valence-electron chi connectivity index (χ2n) is 5.18.